The van der Waals surface area contributed by atoms with Crippen molar-refractivity contribution in [1.82, 2.24) is 0 Å². The van der Waals surface area contributed by atoms with Gasteiger partial charge in [0.2, 0.25) is 0 Å². The van der Waals surface area contributed by atoms with Crippen molar-refractivity contribution in [3.8, 4) is 22.3 Å². The van der Waals surface area contributed by atoms with Gasteiger partial charge in [0.25, 0.3) is 0 Å². The second-order valence-corrected chi connectivity index (χ2v) is 27.3. The Labute approximate surface area is 396 Å². The van der Waals surface area contributed by atoms with Crippen LogP contribution in [0.3, 0.4) is 0 Å². The van der Waals surface area contributed by atoms with Gasteiger partial charge in [0.15, 0.2) is 0 Å². The fourth-order valence-corrected chi connectivity index (χ4v) is 15.1. The molecule has 0 aliphatic heterocycles. The van der Waals surface area contributed by atoms with E-state index >= 15 is 0 Å². The molecule has 0 aromatic heterocycles. The molecule has 0 radical (unpaired) electrons. The normalized spacial score (nSPS) is 14.5. The smallest absolute Gasteiger partial charge is 1.00 e. The summed E-state index contributed by atoms with van der Waals surface area (Å²) in [7, 11) is -2.36. The number of benzene rings is 4. The van der Waals surface area contributed by atoms with E-state index in [1.807, 2.05) is 0 Å². The fraction of sp³-hybridized carbons (Fsp3) is 0.464. The molecule has 60 heavy (non-hydrogen) atoms. The van der Waals surface area contributed by atoms with Crippen LogP contribution in [-0.4, -0.2) is 8.07 Å². The van der Waals surface area contributed by atoms with Crippen LogP contribution in [0.25, 0.3) is 43.8 Å². The van der Waals surface area contributed by atoms with Crippen LogP contribution in [0.4, 0.5) is 0 Å². The Morgan fingerprint density at radius 2 is 0.750 bits per heavy atom. The molecule has 6 aromatic carbocycles. The third-order valence-corrected chi connectivity index (χ3v) is 17.8. The third-order valence-electron chi connectivity index (χ3n) is 14.1. The Morgan fingerprint density at radius 3 is 1.03 bits per heavy atom. The van der Waals surface area contributed by atoms with Gasteiger partial charge in [0, 0.05) is 8.07 Å². The zero-order valence-electron chi connectivity index (χ0n) is 39.8. The van der Waals surface area contributed by atoms with Crippen LogP contribution >= 0.6 is 0 Å². The molecule has 0 saturated carbocycles. The van der Waals surface area contributed by atoms with Crippen molar-refractivity contribution < 1.29 is 51.0 Å². The number of fused-ring (bicyclic) bond motifs is 4. The van der Waals surface area contributed by atoms with Gasteiger partial charge < -0.3 is 24.8 Å². The van der Waals surface area contributed by atoms with Gasteiger partial charge in [-0.05, 0) is 93.6 Å². The molecule has 0 saturated heterocycles. The number of rotatable bonds is 4. The monoisotopic (exact) mass is 930 g/mol. The number of aryl methyl sites for hydroxylation is 4. The van der Waals surface area contributed by atoms with Crippen molar-refractivity contribution in [2.75, 3.05) is 0 Å². The maximum Gasteiger partial charge on any atom is 4.00 e. The van der Waals surface area contributed by atoms with E-state index in [9.17, 15) is 0 Å². The maximum absolute atomic E-state index is 2.70. The number of hydrogen-bond acceptors (Lipinski definition) is 0. The van der Waals surface area contributed by atoms with Gasteiger partial charge in [0.05, 0.1) is 0 Å². The summed E-state index contributed by atoms with van der Waals surface area (Å²) in [5.41, 5.74) is 21.3. The minimum Gasteiger partial charge on any atom is -1.00 e. The van der Waals surface area contributed by atoms with Crippen LogP contribution < -0.4 is 35.2 Å². The minimum atomic E-state index is -2.36. The summed E-state index contributed by atoms with van der Waals surface area (Å²) in [6.45, 7) is 38.9. The van der Waals surface area contributed by atoms with E-state index in [-0.39, 0.29) is 72.7 Å². The van der Waals surface area contributed by atoms with E-state index in [2.05, 4.69) is 171 Å². The first kappa shape index (κ1) is 48.8. The zero-order chi connectivity index (χ0) is 41.4. The Bertz CT molecular complexity index is 2350. The van der Waals surface area contributed by atoms with Gasteiger partial charge in [-0.15, -0.1) is 56.9 Å². The van der Waals surface area contributed by atoms with Gasteiger partial charge in [-0.2, -0.15) is 10.4 Å². The summed E-state index contributed by atoms with van der Waals surface area (Å²) < 4.78 is 0. The summed E-state index contributed by atoms with van der Waals surface area (Å²) in [5.74, 6) is 0. The summed E-state index contributed by atoms with van der Waals surface area (Å²) in [5, 5.41) is 9.33. The molecule has 8 rings (SSSR count). The summed E-state index contributed by atoms with van der Waals surface area (Å²) >= 11 is 0. The summed E-state index contributed by atoms with van der Waals surface area (Å²) in [4.78, 5) is 0. The fourth-order valence-electron chi connectivity index (χ4n) is 11.0. The molecule has 0 nitrogen and oxygen atoms in total. The van der Waals surface area contributed by atoms with Crippen molar-refractivity contribution in [1.29, 1.82) is 0 Å². The van der Waals surface area contributed by atoms with Crippen LogP contribution in [-0.2, 0) is 73.5 Å². The van der Waals surface area contributed by atoms with Crippen LogP contribution in [0, 0.1) is 13.8 Å². The number of halogens is 2. The molecular formula is C56H70Cl2SiZr. The van der Waals surface area contributed by atoms with E-state index in [0.29, 0.717) is 0 Å². The molecule has 0 amide bonds. The van der Waals surface area contributed by atoms with Crippen molar-refractivity contribution >= 4 is 40.0 Å². The molecule has 0 bridgehead atoms. The first-order valence-corrected chi connectivity index (χ1v) is 25.2. The molecular weight excluding hydrogens is 863 g/mol. The Kier molecular flexibility index (Phi) is 13.3. The van der Waals surface area contributed by atoms with Gasteiger partial charge in [-0.1, -0.05) is 180 Å². The van der Waals surface area contributed by atoms with Crippen LogP contribution in [0.5, 0.6) is 0 Å². The summed E-state index contributed by atoms with van der Waals surface area (Å²) in [6, 6.07) is 25.6. The predicted molar refractivity (Wildman–Crippen MR) is 255 cm³/mol. The first-order chi connectivity index (χ1) is 26.4. The standard InChI is InChI=1S/C56H70Si.2ClH.Zr/c1-33-23-37-25-35-19-17-21-45(35)47(39-27-41(53(3,4)5)31-42(28-39)54(6,7)8)49(37)51(33)57(15,16)52-34(2)24-38-26-36-20-18-22-46(36)48(50(38)52)40-29-43(55(9,10)11)32-44(30-40)56(12,13)14;;;/h23-32H,17-22H2,1-16H3;2*1H;/q-2;;;+4/p-2. The molecule has 2 aliphatic rings. The van der Waals surface area contributed by atoms with Crippen LogP contribution in [0.2, 0.25) is 13.1 Å². The largest absolute Gasteiger partial charge is 4.00 e. The number of hydrogen-bond donors (Lipinski definition) is 0. The maximum atomic E-state index is 2.70. The Morgan fingerprint density at radius 1 is 0.450 bits per heavy atom. The van der Waals surface area contributed by atoms with E-state index in [0.717, 1.165) is 0 Å². The molecule has 6 aromatic rings. The molecule has 0 spiro atoms. The molecule has 0 atom stereocenters. The van der Waals surface area contributed by atoms with E-state index in [1.54, 1.807) is 54.5 Å². The van der Waals surface area contributed by atoms with Crippen LogP contribution in [0.1, 0.15) is 152 Å². The first-order valence-electron chi connectivity index (χ1n) is 22.2. The van der Waals surface area contributed by atoms with Crippen molar-refractivity contribution in [2.45, 2.75) is 170 Å². The van der Waals surface area contributed by atoms with Crippen LogP contribution in [0.15, 0.2) is 60.7 Å². The second kappa shape index (κ2) is 16.4. The van der Waals surface area contributed by atoms with E-state index < -0.39 is 8.07 Å². The predicted octanol–water partition coefficient (Wildman–Crippen LogP) is 8.38. The second-order valence-electron chi connectivity index (χ2n) is 23.0. The van der Waals surface area contributed by atoms with Gasteiger partial charge >= 0.3 is 26.2 Å². The SMILES string of the molecule is Cc1[cH-]c2cc3c(c(-c4cc(C(C)(C)C)cc(C(C)(C)C)c4)c2c1[Si](C)(C)c1c(C)[cH-]c2cc4c(c(-c5cc(C(C)(C)C)cc(C(C)(C)C)c5)c12)CCC4)CCC3.[Cl-].[Cl-].[Zr+4]. The average Bonchev–Trinajstić information content (AvgIpc) is 3.88. The third kappa shape index (κ3) is 8.33. The van der Waals surface area contributed by atoms with Gasteiger partial charge in [0.1, 0.15) is 0 Å². The van der Waals surface area contributed by atoms with Crippen molar-refractivity contribution in [3.05, 3.63) is 116 Å². The topological polar surface area (TPSA) is 0 Å². The Balaban J connectivity index is 0.00000228. The summed E-state index contributed by atoms with van der Waals surface area (Å²) in [6.07, 6.45) is 7.22. The zero-order valence-corrected chi connectivity index (χ0v) is 44.7. The van der Waals surface area contributed by atoms with Crippen molar-refractivity contribution in [2.24, 2.45) is 0 Å². The molecule has 0 heterocycles. The molecule has 0 unspecified atom stereocenters. The quantitative estimate of drug-likeness (QED) is 0.123. The van der Waals surface area contributed by atoms with E-state index in [4.69, 9.17) is 0 Å². The molecule has 2 aliphatic carbocycles. The molecule has 0 fully saturated rings. The molecule has 4 heteroatoms. The van der Waals surface area contributed by atoms with E-state index in [1.165, 1.54) is 93.8 Å². The molecule has 0 N–H and O–H groups in total. The van der Waals surface area contributed by atoms with Gasteiger partial charge in [-0.3, -0.25) is 0 Å². The average molecular weight is 933 g/mol. The van der Waals surface area contributed by atoms with Gasteiger partial charge in [-0.25, -0.2) is 0 Å². The van der Waals surface area contributed by atoms with Crippen molar-refractivity contribution in [3.63, 3.8) is 0 Å². The molecule has 316 valence electrons. The Hall–Kier alpha value is -2.22. The minimum absolute atomic E-state index is 0.